The summed E-state index contributed by atoms with van der Waals surface area (Å²) in [7, 11) is 0. The van der Waals surface area contributed by atoms with Crippen LogP contribution in [0, 0.1) is 5.92 Å². The molecule has 4 atom stereocenters. The fourth-order valence-electron chi connectivity index (χ4n) is 3.50. The van der Waals surface area contributed by atoms with E-state index < -0.39 is 0 Å². The summed E-state index contributed by atoms with van der Waals surface area (Å²) in [6.07, 6.45) is 2.47. The molecule has 0 radical (unpaired) electrons. The van der Waals surface area contributed by atoms with E-state index in [1.807, 2.05) is 0 Å². The van der Waals surface area contributed by atoms with Gasteiger partial charge in [-0.15, -0.1) is 0 Å². The third kappa shape index (κ3) is 3.49. The lowest BCUT2D eigenvalue weighted by Crippen LogP contribution is -2.64. The summed E-state index contributed by atoms with van der Waals surface area (Å²) in [6.45, 7) is 13.9. The maximum Gasteiger partial charge on any atom is 0.0535 e. The molecule has 2 heteroatoms. The molecule has 2 nitrogen and oxygen atoms in total. The van der Waals surface area contributed by atoms with Crippen molar-refractivity contribution < 1.29 is 0 Å². The average Bonchev–Trinajstić information content (AvgIpc) is 2.54. The number of benzene rings is 1. The first-order chi connectivity index (χ1) is 10.0. The van der Waals surface area contributed by atoms with E-state index in [0.29, 0.717) is 12.1 Å². The first-order valence-corrected chi connectivity index (χ1v) is 8.58. The Morgan fingerprint density at radius 2 is 1.86 bits per heavy atom. The van der Waals surface area contributed by atoms with Gasteiger partial charge >= 0.3 is 0 Å². The molecule has 0 aromatic heterocycles. The molecule has 1 aromatic carbocycles. The quantitative estimate of drug-likeness (QED) is 0.880. The van der Waals surface area contributed by atoms with Gasteiger partial charge in [0.15, 0.2) is 0 Å². The topological polar surface area (TPSA) is 15.3 Å². The van der Waals surface area contributed by atoms with E-state index in [1.54, 1.807) is 0 Å². The number of hydrogen-bond acceptors (Lipinski definition) is 2. The van der Waals surface area contributed by atoms with Crippen molar-refractivity contribution in [1.82, 2.24) is 10.2 Å². The van der Waals surface area contributed by atoms with Crippen molar-refractivity contribution in [3.8, 4) is 0 Å². The monoisotopic (exact) mass is 288 g/mol. The second-order valence-corrected chi connectivity index (χ2v) is 6.96. The van der Waals surface area contributed by atoms with E-state index in [0.717, 1.165) is 19.0 Å². The Labute approximate surface area is 130 Å². The highest BCUT2D eigenvalue weighted by Gasteiger charge is 2.39. The van der Waals surface area contributed by atoms with Crippen LogP contribution < -0.4 is 5.32 Å². The zero-order valence-corrected chi connectivity index (χ0v) is 14.4. The standard InChI is InChI=1S/C19H32N2/c1-6-15(3)18-13-20-19(5,14-21(18)16(4)7-2)17-11-9-8-10-12-17/h8-12,15-16,18,20H,6-7,13-14H2,1-5H3. The molecule has 1 N–H and O–H groups in total. The smallest absolute Gasteiger partial charge is 0.0535 e. The first kappa shape index (κ1) is 16.5. The van der Waals surface area contributed by atoms with E-state index in [4.69, 9.17) is 0 Å². The van der Waals surface area contributed by atoms with Gasteiger partial charge in [0.25, 0.3) is 0 Å². The van der Waals surface area contributed by atoms with Gasteiger partial charge in [0.2, 0.25) is 0 Å². The first-order valence-electron chi connectivity index (χ1n) is 8.58. The third-order valence-corrected chi connectivity index (χ3v) is 5.49. The van der Waals surface area contributed by atoms with Crippen molar-refractivity contribution >= 4 is 0 Å². The highest BCUT2D eigenvalue weighted by Crippen LogP contribution is 2.31. The maximum absolute atomic E-state index is 3.84. The molecule has 0 amide bonds. The Morgan fingerprint density at radius 3 is 2.43 bits per heavy atom. The summed E-state index contributed by atoms with van der Waals surface area (Å²) >= 11 is 0. The SMILES string of the molecule is CCC(C)C1CNC(C)(c2ccccc2)CN1C(C)CC. The van der Waals surface area contributed by atoms with Crippen molar-refractivity contribution in [3.63, 3.8) is 0 Å². The van der Waals surface area contributed by atoms with Crippen molar-refractivity contribution in [2.45, 2.75) is 65.1 Å². The van der Waals surface area contributed by atoms with Crippen LogP contribution in [0.4, 0.5) is 0 Å². The van der Waals surface area contributed by atoms with Gasteiger partial charge < -0.3 is 5.32 Å². The van der Waals surface area contributed by atoms with Crippen LogP contribution >= 0.6 is 0 Å². The molecule has 1 saturated heterocycles. The lowest BCUT2D eigenvalue weighted by atomic mass is 9.84. The normalized spacial score (nSPS) is 30.0. The van der Waals surface area contributed by atoms with Crippen LogP contribution in [0.2, 0.25) is 0 Å². The molecule has 1 aliphatic rings. The van der Waals surface area contributed by atoms with Gasteiger partial charge in [-0.1, -0.05) is 57.5 Å². The maximum atomic E-state index is 3.84. The van der Waals surface area contributed by atoms with E-state index in [-0.39, 0.29) is 5.54 Å². The number of nitrogens with one attached hydrogen (secondary N) is 1. The summed E-state index contributed by atoms with van der Waals surface area (Å²) in [6, 6.07) is 12.2. The lowest BCUT2D eigenvalue weighted by molar-refractivity contribution is 0.0244. The van der Waals surface area contributed by atoms with E-state index in [1.165, 1.54) is 18.4 Å². The van der Waals surface area contributed by atoms with Crippen LogP contribution in [-0.2, 0) is 5.54 Å². The lowest BCUT2D eigenvalue weighted by Gasteiger charge is -2.50. The predicted molar refractivity (Wildman–Crippen MR) is 91.5 cm³/mol. The molecule has 21 heavy (non-hydrogen) atoms. The van der Waals surface area contributed by atoms with Crippen LogP contribution in [-0.4, -0.2) is 30.1 Å². The van der Waals surface area contributed by atoms with Gasteiger partial charge in [-0.05, 0) is 31.7 Å². The molecule has 2 rings (SSSR count). The average molecular weight is 288 g/mol. The van der Waals surface area contributed by atoms with Crippen molar-refractivity contribution in [3.05, 3.63) is 35.9 Å². The molecule has 1 aliphatic heterocycles. The summed E-state index contributed by atoms with van der Waals surface area (Å²) in [4.78, 5) is 2.75. The second-order valence-electron chi connectivity index (χ2n) is 6.96. The molecule has 0 spiro atoms. The molecule has 0 bridgehead atoms. The highest BCUT2D eigenvalue weighted by atomic mass is 15.3. The zero-order valence-electron chi connectivity index (χ0n) is 14.4. The minimum absolute atomic E-state index is 0.0641. The molecule has 1 aromatic rings. The Bertz CT molecular complexity index is 430. The van der Waals surface area contributed by atoms with Crippen LogP contribution in [0.5, 0.6) is 0 Å². The minimum atomic E-state index is 0.0641. The number of piperazine rings is 1. The Balaban J connectivity index is 2.24. The second kappa shape index (κ2) is 6.93. The molecule has 0 saturated carbocycles. The molecular weight excluding hydrogens is 256 g/mol. The Kier molecular flexibility index (Phi) is 5.45. The van der Waals surface area contributed by atoms with Crippen LogP contribution in [0.25, 0.3) is 0 Å². The zero-order chi connectivity index (χ0) is 15.5. The van der Waals surface area contributed by atoms with Crippen molar-refractivity contribution in [2.24, 2.45) is 5.92 Å². The van der Waals surface area contributed by atoms with Gasteiger partial charge in [-0.25, -0.2) is 0 Å². The van der Waals surface area contributed by atoms with Gasteiger partial charge in [-0.3, -0.25) is 4.90 Å². The predicted octanol–water partition coefficient (Wildman–Crippen LogP) is 4.02. The number of nitrogens with zero attached hydrogens (tertiary/aromatic N) is 1. The van der Waals surface area contributed by atoms with Crippen LogP contribution in [0.3, 0.4) is 0 Å². The van der Waals surface area contributed by atoms with Gasteiger partial charge in [0.1, 0.15) is 0 Å². The van der Waals surface area contributed by atoms with Crippen molar-refractivity contribution in [2.75, 3.05) is 13.1 Å². The Morgan fingerprint density at radius 1 is 1.19 bits per heavy atom. The summed E-state index contributed by atoms with van der Waals surface area (Å²) in [5.41, 5.74) is 1.47. The molecule has 0 aliphatic carbocycles. The molecule has 1 fully saturated rings. The molecular formula is C19H32N2. The Hall–Kier alpha value is -0.860. The van der Waals surface area contributed by atoms with Crippen molar-refractivity contribution in [1.29, 1.82) is 0 Å². The van der Waals surface area contributed by atoms with E-state index in [9.17, 15) is 0 Å². The van der Waals surface area contributed by atoms with Crippen LogP contribution in [0.15, 0.2) is 30.3 Å². The largest absolute Gasteiger partial charge is 0.305 e. The molecule has 4 unspecified atom stereocenters. The number of hydrogen-bond donors (Lipinski definition) is 1. The van der Waals surface area contributed by atoms with Gasteiger partial charge in [0.05, 0.1) is 5.54 Å². The summed E-state index contributed by atoms with van der Waals surface area (Å²) in [5, 5.41) is 3.84. The van der Waals surface area contributed by atoms with Crippen LogP contribution in [0.1, 0.15) is 53.0 Å². The van der Waals surface area contributed by atoms with Gasteiger partial charge in [-0.2, -0.15) is 0 Å². The minimum Gasteiger partial charge on any atom is -0.305 e. The number of rotatable bonds is 5. The van der Waals surface area contributed by atoms with Gasteiger partial charge in [0, 0.05) is 25.2 Å². The van der Waals surface area contributed by atoms with E-state index >= 15 is 0 Å². The fourth-order valence-corrected chi connectivity index (χ4v) is 3.50. The molecule has 118 valence electrons. The molecule has 1 heterocycles. The third-order valence-electron chi connectivity index (χ3n) is 5.49. The van der Waals surface area contributed by atoms with E-state index in [2.05, 4.69) is 75.2 Å². The highest BCUT2D eigenvalue weighted by molar-refractivity contribution is 5.25. The fraction of sp³-hybridized carbons (Fsp3) is 0.684. The summed E-state index contributed by atoms with van der Waals surface area (Å²) in [5.74, 6) is 0.742. The summed E-state index contributed by atoms with van der Waals surface area (Å²) < 4.78 is 0.